The van der Waals surface area contributed by atoms with Gasteiger partial charge >= 0.3 is 0 Å². The van der Waals surface area contributed by atoms with Crippen molar-refractivity contribution in [3.05, 3.63) is 65.2 Å². The number of methoxy groups -OCH3 is 1. The molecule has 2 aromatic rings. The zero-order valence-corrected chi connectivity index (χ0v) is 12.4. The first-order valence-electron chi connectivity index (χ1n) is 6.86. The Morgan fingerprint density at radius 1 is 0.952 bits per heavy atom. The highest BCUT2D eigenvalue weighted by molar-refractivity contribution is 5.29. The average Bonchev–Trinajstić information content (AvgIpc) is 2.47. The average molecular weight is 291 g/mol. The third-order valence-corrected chi connectivity index (χ3v) is 3.54. The molecule has 2 nitrogen and oxygen atoms in total. The summed E-state index contributed by atoms with van der Waals surface area (Å²) >= 11 is 0. The van der Waals surface area contributed by atoms with Crippen molar-refractivity contribution in [1.29, 1.82) is 0 Å². The van der Waals surface area contributed by atoms with Crippen LogP contribution in [-0.2, 0) is 0 Å². The van der Waals surface area contributed by atoms with Gasteiger partial charge in [0.15, 0.2) is 0 Å². The van der Waals surface area contributed by atoms with Crippen LogP contribution in [-0.4, -0.2) is 7.11 Å². The summed E-state index contributed by atoms with van der Waals surface area (Å²) in [6.45, 7) is 3.86. The molecule has 2 atom stereocenters. The van der Waals surface area contributed by atoms with E-state index >= 15 is 0 Å². The van der Waals surface area contributed by atoms with Gasteiger partial charge in [-0.1, -0.05) is 18.2 Å². The third kappa shape index (κ3) is 3.79. The third-order valence-electron chi connectivity index (χ3n) is 3.54. The molecule has 0 radical (unpaired) electrons. The van der Waals surface area contributed by atoms with Gasteiger partial charge in [-0.3, -0.25) is 0 Å². The molecule has 1 N–H and O–H groups in total. The van der Waals surface area contributed by atoms with Gasteiger partial charge in [-0.15, -0.1) is 0 Å². The molecule has 1 unspecified atom stereocenters. The minimum Gasteiger partial charge on any atom is -0.497 e. The maximum Gasteiger partial charge on any atom is 0.130 e. The molecule has 0 fully saturated rings. The van der Waals surface area contributed by atoms with Gasteiger partial charge in [0.2, 0.25) is 0 Å². The Labute approximate surface area is 123 Å². The van der Waals surface area contributed by atoms with Crippen molar-refractivity contribution in [3.8, 4) is 5.75 Å². The summed E-state index contributed by atoms with van der Waals surface area (Å²) in [6.07, 6.45) is 0. The van der Waals surface area contributed by atoms with Gasteiger partial charge < -0.3 is 10.1 Å². The van der Waals surface area contributed by atoms with Crippen LogP contribution in [0.4, 0.5) is 8.78 Å². The molecule has 2 aromatic carbocycles. The molecule has 4 heteroatoms. The van der Waals surface area contributed by atoms with Gasteiger partial charge in [0.05, 0.1) is 7.11 Å². The van der Waals surface area contributed by atoms with E-state index in [1.807, 2.05) is 38.1 Å². The number of benzene rings is 2. The quantitative estimate of drug-likeness (QED) is 0.882. The molecule has 0 spiro atoms. The lowest BCUT2D eigenvalue weighted by molar-refractivity contribution is 0.414. The summed E-state index contributed by atoms with van der Waals surface area (Å²) in [6, 6.07) is 11.2. The predicted molar refractivity (Wildman–Crippen MR) is 79.3 cm³/mol. The van der Waals surface area contributed by atoms with Gasteiger partial charge in [-0.05, 0) is 37.6 Å². The van der Waals surface area contributed by atoms with Crippen molar-refractivity contribution >= 4 is 0 Å². The van der Waals surface area contributed by atoms with E-state index in [0.29, 0.717) is 5.56 Å². The fourth-order valence-electron chi connectivity index (χ4n) is 2.31. The molecular formula is C17H19F2NO. The molecule has 112 valence electrons. The van der Waals surface area contributed by atoms with Crippen LogP contribution in [0.25, 0.3) is 0 Å². The Balaban J connectivity index is 2.08. The highest BCUT2D eigenvalue weighted by Gasteiger charge is 2.15. The second-order valence-electron chi connectivity index (χ2n) is 5.05. The fraction of sp³-hybridized carbons (Fsp3) is 0.294. The van der Waals surface area contributed by atoms with E-state index in [0.717, 1.165) is 17.4 Å². The first-order valence-corrected chi connectivity index (χ1v) is 6.86. The molecule has 21 heavy (non-hydrogen) atoms. The van der Waals surface area contributed by atoms with E-state index in [4.69, 9.17) is 4.74 Å². The maximum absolute atomic E-state index is 13.8. The first kappa shape index (κ1) is 15.4. The summed E-state index contributed by atoms with van der Waals surface area (Å²) in [5.74, 6) is -0.299. The minimum absolute atomic E-state index is 0.0374. The van der Waals surface area contributed by atoms with Crippen molar-refractivity contribution in [2.75, 3.05) is 7.11 Å². The van der Waals surface area contributed by atoms with Gasteiger partial charge in [-0.25, -0.2) is 8.78 Å². The molecule has 0 bridgehead atoms. The lowest BCUT2D eigenvalue weighted by Gasteiger charge is -2.21. The second-order valence-corrected chi connectivity index (χ2v) is 5.05. The fourth-order valence-corrected chi connectivity index (χ4v) is 2.31. The molecule has 0 heterocycles. The first-order chi connectivity index (χ1) is 10.0. The number of hydrogen-bond donors (Lipinski definition) is 1. The smallest absolute Gasteiger partial charge is 0.130 e. The van der Waals surface area contributed by atoms with Crippen LogP contribution in [0.15, 0.2) is 42.5 Å². The summed E-state index contributed by atoms with van der Waals surface area (Å²) < 4.78 is 31.8. The molecule has 2 rings (SSSR count). The molecule has 0 saturated heterocycles. The SMILES string of the molecule is COc1ccc([C@@H](C)NC(C)c2ccc(F)cc2F)cc1. The Morgan fingerprint density at radius 2 is 1.62 bits per heavy atom. The number of rotatable bonds is 5. The van der Waals surface area contributed by atoms with Crippen molar-refractivity contribution in [1.82, 2.24) is 5.32 Å². The molecule has 0 aliphatic carbocycles. The van der Waals surface area contributed by atoms with E-state index in [2.05, 4.69) is 5.32 Å². The Hall–Kier alpha value is -1.94. The molecule has 0 amide bonds. The number of hydrogen-bond acceptors (Lipinski definition) is 2. The monoisotopic (exact) mass is 291 g/mol. The minimum atomic E-state index is -0.563. The Kier molecular flexibility index (Phi) is 4.91. The summed E-state index contributed by atoms with van der Waals surface area (Å²) in [4.78, 5) is 0. The van der Waals surface area contributed by atoms with E-state index in [9.17, 15) is 8.78 Å². The summed E-state index contributed by atoms with van der Waals surface area (Å²) in [7, 11) is 1.62. The highest BCUT2D eigenvalue weighted by atomic mass is 19.1. The van der Waals surface area contributed by atoms with E-state index in [1.54, 1.807) is 7.11 Å². The molecule has 0 saturated carbocycles. The van der Waals surface area contributed by atoms with Crippen LogP contribution in [0, 0.1) is 11.6 Å². The van der Waals surface area contributed by atoms with Crippen molar-refractivity contribution in [2.45, 2.75) is 25.9 Å². The van der Waals surface area contributed by atoms with Crippen LogP contribution in [0.1, 0.15) is 37.1 Å². The van der Waals surface area contributed by atoms with Crippen molar-refractivity contribution in [3.63, 3.8) is 0 Å². The predicted octanol–water partition coefficient (Wildman–Crippen LogP) is 4.39. The van der Waals surface area contributed by atoms with Crippen molar-refractivity contribution < 1.29 is 13.5 Å². The molecule has 0 aliphatic heterocycles. The standard InChI is InChI=1S/C17H19F2NO/c1-11(13-4-7-15(21-3)8-5-13)20-12(2)16-9-6-14(18)10-17(16)19/h4-12,20H,1-3H3/t11-,12?/m1/s1. The zero-order valence-electron chi connectivity index (χ0n) is 12.4. The lowest BCUT2D eigenvalue weighted by Crippen LogP contribution is -2.23. The van der Waals surface area contributed by atoms with Gasteiger partial charge in [0.1, 0.15) is 17.4 Å². The molecule has 0 aliphatic rings. The molecular weight excluding hydrogens is 272 g/mol. The van der Waals surface area contributed by atoms with Crippen LogP contribution >= 0.6 is 0 Å². The normalized spacial score (nSPS) is 13.8. The number of halogens is 2. The summed E-state index contributed by atoms with van der Waals surface area (Å²) in [5.41, 5.74) is 1.53. The van der Waals surface area contributed by atoms with Crippen LogP contribution in [0.5, 0.6) is 5.75 Å². The van der Waals surface area contributed by atoms with Crippen LogP contribution in [0.2, 0.25) is 0 Å². The van der Waals surface area contributed by atoms with Gasteiger partial charge in [-0.2, -0.15) is 0 Å². The van der Waals surface area contributed by atoms with E-state index in [1.165, 1.54) is 12.1 Å². The largest absolute Gasteiger partial charge is 0.497 e. The van der Waals surface area contributed by atoms with Crippen molar-refractivity contribution in [2.24, 2.45) is 0 Å². The molecule has 0 aromatic heterocycles. The van der Waals surface area contributed by atoms with Gasteiger partial charge in [0, 0.05) is 23.7 Å². The van der Waals surface area contributed by atoms with Crippen LogP contribution in [0.3, 0.4) is 0 Å². The zero-order chi connectivity index (χ0) is 15.4. The topological polar surface area (TPSA) is 21.3 Å². The Bertz CT molecular complexity index is 598. The Morgan fingerprint density at radius 3 is 2.19 bits per heavy atom. The number of nitrogens with one attached hydrogen (secondary N) is 1. The second kappa shape index (κ2) is 6.68. The van der Waals surface area contributed by atoms with E-state index < -0.39 is 11.6 Å². The van der Waals surface area contributed by atoms with E-state index in [-0.39, 0.29) is 12.1 Å². The van der Waals surface area contributed by atoms with Gasteiger partial charge in [0.25, 0.3) is 0 Å². The highest BCUT2D eigenvalue weighted by Crippen LogP contribution is 2.23. The lowest BCUT2D eigenvalue weighted by atomic mass is 10.0. The summed E-state index contributed by atoms with van der Waals surface area (Å²) in [5, 5.41) is 3.31. The number of ether oxygens (including phenoxy) is 1. The van der Waals surface area contributed by atoms with Crippen LogP contribution < -0.4 is 10.1 Å². The maximum atomic E-state index is 13.8.